The van der Waals surface area contributed by atoms with Gasteiger partial charge in [0.05, 0.1) is 63.6 Å². The summed E-state index contributed by atoms with van der Waals surface area (Å²) in [5.41, 5.74) is -12.5. The molecule has 14 rings (SSSR count). The molecule has 733 valence electrons. The normalized spacial score (nSPS) is 36.0. The van der Waals surface area contributed by atoms with Crippen LogP contribution >= 0.6 is 0 Å². The van der Waals surface area contributed by atoms with E-state index in [0.29, 0.717) is 32.7 Å². The first-order chi connectivity index (χ1) is 54.5. The molecule has 125 heavy (non-hydrogen) atoms. The van der Waals surface area contributed by atoms with Crippen LogP contribution in [-0.4, -0.2) is 334 Å². The smallest absolute Gasteiger partial charge is 0.463 e. The fraction of sp³-hybridized carbons (Fsp3) is 0.958. The lowest BCUT2D eigenvalue weighted by Gasteiger charge is -2.27. The maximum Gasteiger partial charge on any atom is 0.524 e. The number of rotatable bonds is 12. The molecule has 0 aromatic carbocycles. The van der Waals surface area contributed by atoms with Gasteiger partial charge in [-0.1, -0.05) is 44.1 Å². The van der Waals surface area contributed by atoms with E-state index in [4.69, 9.17) is 146 Å². The molecule has 0 aromatic heterocycles. The Hall–Kier alpha value is -3.13. The van der Waals surface area contributed by atoms with Crippen molar-refractivity contribution in [2.75, 3.05) is 39.6 Å². The van der Waals surface area contributed by atoms with Crippen molar-refractivity contribution in [1.82, 2.24) is 0 Å². The zero-order valence-electron chi connectivity index (χ0n) is 69.6. The van der Waals surface area contributed by atoms with E-state index in [2.05, 4.69) is 22.4 Å². The summed E-state index contributed by atoms with van der Waals surface area (Å²) in [6.07, 6.45) is -5.01. The Balaban J connectivity index is 0.000000716. The highest BCUT2D eigenvalue weighted by Gasteiger charge is 2.62. The van der Waals surface area contributed by atoms with Crippen LogP contribution in [0.15, 0.2) is 0 Å². The van der Waals surface area contributed by atoms with Gasteiger partial charge in [-0.05, 0) is 111 Å². The van der Waals surface area contributed by atoms with E-state index in [0.717, 1.165) is 19.9 Å². The number of carbonyl (C=O) groups excluding carboxylic acids is 3. The molecule has 0 spiro atoms. The number of halogens is 6. The monoisotopic (exact) mass is 1890 g/mol. The number of aliphatic hydroxyl groups is 4. The summed E-state index contributed by atoms with van der Waals surface area (Å²) in [5, 5.41) is 37.2. The van der Waals surface area contributed by atoms with Crippen LogP contribution in [-0.2, 0) is 167 Å². The van der Waals surface area contributed by atoms with Crippen molar-refractivity contribution in [1.29, 1.82) is 0 Å². The van der Waals surface area contributed by atoms with Crippen molar-refractivity contribution in [3.8, 4) is 0 Å². The Kier molecular flexibility index (Phi) is 44.8. The minimum absolute atomic E-state index is 0. The fourth-order valence-electron chi connectivity index (χ4n) is 13.8. The summed E-state index contributed by atoms with van der Waals surface area (Å²) in [7, 11) is -8.36. The summed E-state index contributed by atoms with van der Waals surface area (Å²) in [6, 6.07) is 0. The first-order valence-electron chi connectivity index (χ1n) is 37.5. The van der Waals surface area contributed by atoms with Gasteiger partial charge in [0.15, 0.2) is 83.9 Å². The topological polar surface area (TPSA) is 515 Å². The molecule has 5 radical (unpaired) electrons. The quantitative estimate of drug-likeness (QED) is 0.0349. The zero-order valence-corrected chi connectivity index (χ0v) is 72.1. The van der Waals surface area contributed by atoms with E-state index in [9.17, 15) is 67.8 Å². The van der Waals surface area contributed by atoms with Gasteiger partial charge in [0, 0.05) is 74.9 Å². The van der Waals surface area contributed by atoms with Gasteiger partial charge in [-0.2, -0.15) is 51.6 Å². The minimum atomic E-state index is -6.85. The predicted octanol–water partition coefficient (Wildman–Crippen LogP) is 5.53. The van der Waals surface area contributed by atoms with Crippen LogP contribution in [0.4, 0.5) is 26.3 Å². The fourth-order valence-corrected chi connectivity index (χ4v) is 15.3. The summed E-state index contributed by atoms with van der Waals surface area (Å²) >= 11 is 0. The molecule has 0 amide bonds. The highest BCUT2D eigenvalue weighted by molar-refractivity contribution is 8.00. The second kappa shape index (κ2) is 46.7. The number of carbonyl (C=O) groups is 3. The van der Waals surface area contributed by atoms with Crippen LogP contribution in [0.25, 0.3) is 0 Å². The zero-order chi connectivity index (χ0) is 91.3. The number of alkyl halides is 6. The average Bonchev–Trinajstić information content (AvgIpc) is 1.63. The lowest BCUT2D eigenvalue weighted by Crippen LogP contribution is -2.42. The molecule has 14 aliphatic rings. The van der Waals surface area contributed by atoms with Crippen molar-refractivity contribution in [3.63, 3.8) is 0 Å². The number of esters is 3. The number of fused-ring (bicyclic) bond motifs is 5. The van der Waals surface area contributed by atoms with Crippen LogP contribution < -0.4 is 0 Å². The Bertz CT molecular complexity index is 3500. The Morgan fingerprint density at radius 1 is 0.440 bits per heavy atom. The third-order valence-corrected chi connectivity index (χ3v) is 20.8. The molecule has 6 N–H and O–H groups in total. The number of aliphatic hydroxyl groups excluding tert-OH is 4. The highest BCUT2D eigenvalue weighted by Crippen LogP contribution is 2.47. The summed E-state index contributed by atoms with van der Waals surface area (Å²) in [4.78, 5) is 32.4. The molecule has 0 bridgehead atoms. The van der Waals surface area contributed by atoms with E-state index in [-0.39, 0.29) is 149 Å². The van der Waals surface area contributed by atoms with Gasteiger partial charge in [0.25, 0.3) is 0 Å². The van der Waals surface area contributed by atoms with Crippen molar-refractivity contribution >= 4 is 71.1 Å². The standard InChI is InChI=1S/C13H22O5.C12H20O6.C12H20O5.C11H16O7.C9H16O5.C8H14O4.C2F6O5S2.5CH4.B3.H2O4S/c1-7-9(8-6-14-12(2,3)16-8)15-11-10(7)17-13(4,5)18-11;1-11(2)14-5-6(16-11)8-7(13)9-10(15-8)18-12(3,4)17-9;1-11(2)13-6-9(16-11)7-5-8-10(14-7)17-12(3,4)15-8;1-6(12)15-5-9-4-10(16-7(2)13)11(18-9)17-8(3)14;1-9(2)13-7-3-6(5(11)4-10)12-8(7)14-9;1-8(2)11-6-3-5(4-9)10-7(6)12-8;3-1(4,5)14(9,10)13-15(11,12)2(6,7)8;;;;;;1-3-2;1-5(2,3)4/h7-11H,6H2,1-5H3;6-10,13H,5H2,1-4H3;7-10H,5-6H2,1-4H3;9-11H,4-5H2,1-3H3;5-8,10-11H,3-4H2,1-2H3;5-7,9H,3-4H2,1-2H3;;5*1H4;;(H2,1,2,3,4)/t7-,8?,9-,10+,11?;6?,7-,8+,9+,10?;7-,8+,9?,10?;9-,10+,11?;5?,6-,7+,8?;5-,6+,7?;;;;;;;;/m000000......../s1. The van der Waals surface area contributed by atoms with Crippen LogP contribution in [0, 0.1) is 5.92 Å². The molecule has 0 aromatic rings. The van der Waals surface area contributed by atoms with Gasteiger partial charge < -0.3 is 139 Å². The molecular weight excluding hydrogens is 1760 g/mol. The highest BCUT2D eigenvalue weighted by atomic mass is 32.3. The summed E-state index contributed by atoms with van der Waals surface area (Å²) in [6.45, 7) is 37.2. The summed E-state index contributed by atoms with van der Waals surface area (Å²) < 4.78 is 280. The maximum atomic E-state index is 11.4. The van der Waals surface area contributed by atoms with E-state index < -0.39 is 161 Å². The van der Waals surface area contributed by atoms with Crippen molar-refractivity contribution in [3.05, 3.63) is 0 Å². The lowest BCUT2D eigenvalue weighted by molar-refractivity contribution is -0.232. The Labute approximate surface area is 731 Å². The van der Waals surface area contributed by atoms with Gasteiger partial charge in [-0.25, -0.2) is 0 Å². The lowest BCUT2D eigenvalue weighted by atomic mass is 9.40. The maximum absolute atomic E-state index is 11.4. The molecule has 0 aliphatic carbocycles. The van der Waals surface area contributed by atoms with Crippen molar-refractivity contribution < 1.29 is 218 Å². The molecule has 53 heteroatoms. The molecule has 14 fully saturated rings. The molecule has 41 nitrogen and oxygen atoms in total. The molecule has 14 aliphatic heterocycles. The molecule has 14 saturated heterocycles. The van der Waals surface area contributed by atoms with Gasteiger partial charge in [0.2, 0.25) is 6.29 Å². The molecular formula is C72H130B3F6O41S3. The third-order valence-electron chi connectivity index (χ3n) is 18.3. The summed E-state index contributed by atoms with van der Waals surface area (Å²) in [5.74, 6) is -5.83. The SMILES string of the molecule is C.C.C.C.C.CC(=O)OC[C@@H]1C[C@@H](OC(C)=O)C(OC(C)=O)O1.CC1(C)OC2O[C@H](C(O)CO)C[C@H]2O1.CC1(C)OC2O[C@H](CO)C[C@H]2O1.CC1(C)OCC([C@@H]2C[C@H]3OC(C)(C)OC3O2)O1.CC1(C)OCC([C@H]2OC3OC(C)(C)O[C@@H]3[C@H]2O)O1.C[C@H]1[C@@H](C2COC(C)(C)O2)OC2OC(C)(C)O[C@@H]21.O=S(=O)(O)O.O=S(=O)(OS(=O)(=O)C(F)(F)F)C(F)(F)F.[B][B][B]. The second-order valence-electron chi connectivity index (χ2n) is 32.4. The van der Waals surface area contributed by atoms with E-state index in [1.54, 1.807) is 13.8 Å². The first-order valence-corrected chi connectivity index (χ1v) is 41.7. The van der Waals surface area contributed by atoms with E-state index in [1.165, 1.54) is 20.8 Å². The molecule has 0 saturated carbocycles. The number of hydrogen-bond acceptors (Lipinski definition) is 39. The minimum Gasteiger partial charge on any atom is -0.463 e. The van der Waals surface area contributed by atoms with Gasteiger partial charge >= 0.3 is 59.6 Å². The molecule has 24 atom stereocenters. The Morgan fingerprint density at radius 2 is 0.800 bits per heavy atom. The van der Waals surface area contributed by atoms with Crippen LogP contribution in [0.5, 0.6) is 0 Å². The van der Waals surface area contributed by atoms with Gasteiger partial charge in [-0.15, -0.1) is 3.63 Å². The van der Waals surface area contributed by atoms with Crippen LogP contribution in [0.2, 0.25) is 0 Å². The Morgan fingerprint density at radius 3 is 1.16 bits per heavy atom. The molecule has 14 heterocycles. The predicted molar refractivity (Wildman–Crippen MR) is 421 cm³/mol. The van der Waals surface area contributed by atoms with Gasteiger partial charge in [0.1, 0.15) is 73.8 Å². The number of ether oxygens (including phenoxy) is 25. The van der Waals surface area contributed by atoms with Crippen LogP contribution in [0.1, 0.15) is 201 Å². The van der Waals surface area contributed by atoms with E-state index >= 15 is 0 Å². The van der Waals surface area contributed by atoms with E-state index in [1.807, 2.05) is 101 Å². The van der Waals surface area contributed by atoms with Crippen LogP contribution in [0.3, 0.4) is 0 Å². The average molecular weight is 1890 g/mol. The number of hydrogen-bond donors (Lipinski definition) is 6. The third kappa shape index (κ3) is 36.3. The van der Waals surface area contributed by atoms with Crippen molar-refractivity contribution in [2.45, 2.75) is 400 Å². The second-order valence-corrected chi connectivity index (χ2v) is 36.6. The largest absolute Gasteiger partial charge is 0.524 e. The first kappa shape index (κ1) is 120. The molecule has 10 unspecified atom stereocenters. The van der Waals surface area contributed by atoms with Gasteiger partial charge in [-0.3, -0.25) is 23.5 Å². The van der Waals surface area contributed by atoms with Crippen molar-refractivity contribution in [2.24, 2.45) is 5.92 Å².